The Kier molecular flexibility index (Phi) is 5.54. The van der Waals surface area contributed by atoms with Crippen molar-refractivity contribution >= 4 is 17.8 Å². The number of carbonyl (C=O) groups excluding carboxylic acids is 2. The first-order valence-corrected chi connectivity index (χ1v) is 9.17. The maximum absolute atomic E-state index is 12.8. The van der Waals surface area contributed by atoms with E-state index in [1.165, 1.54) is 18.1 Å². The van der Waals surface area contributed by atoms with Gasteiger partial charge in [-0.3, -0.25) is 14.6 Å². The molecule has 1 N–H and O–H groups in total. The number of nitrogens with zero attached hydrogens (tertiary/aromatic N) is 3. The van der Waals surface area contributed by atoms with Crippen molar-refractivity contribution in [2.75, 3.05) is 20.1 Å². The molecular formula is C19H25N3O4. The summed E-state index contributed by atoms with van der Waals surface area (Å²) >= 11 is 0. The lowest BCUT2D eigenvalue weighted by Crippen LogP contribution is -2.47. The van der Waals surface area contributed by atoms with Crippen molar-refractivity contribution in [2.45, 2.75) is 38.1 Å². The van der Waals surface area contributed by atoms with E-state index in [0.717, 1.165) is 19.3 Å². The summed E-state index contributed by atoms with van der Waals surface area (Å²) in [5, 5.41) is 9.58. The molecule has 0 aromatic carbocycles. The van der Waals surface area contributed by atoms with Crippen molar-refractivity contribution in [2.24, 2.45) is 11.8 Å². The summed E-state index contributed by atoms with van der Waals surface area (Å²) in [6.07, 6.45) is 7.29. The van der Waals surface area contributed by atoms with Crippen molar-refractivity contribution in [3.8, 4) is 0 Å². The molecule has 1 saturated carbocycles. The van der Waals surface area contributed by atoms with Crippen LogP contribution >= 0.6 is 0 Å². The summed E-state index contributed by atoms with van der Waals surface area (Å²) in [7, 11) is 1.53. The zero-order valence-electron chi connectivity index (χ0n) is 15.0. The van der Waals surface area contributed by atoms with Gasteiger partial charge in [0.25, 0.3) is 0 Å². The molecule has 0 radical (unpaired) electrons. The van der Waals surface area contributed by atoms with E-state index in [1.807, 2.05) is 4.90 Å². The maximum atomic E-state index is 12.8. The van der Waals surface area contributed by atoms with Gasteiger partial charge in [0.15, 0.2) is 6.04 Å². The molecule has 1 aromatic heterocycles. The monoisotopic (exact) mass is 359 g/mol. The minimum Gasteiger partial charge on any atom is -0.479 e. The first-order valence-electron chi connectivity index (χ1n) is 9.17. The molecule has 0 unspecified atom stereocenters. The van der Waals surface area contributed by atoms with Crippen molar-refractivity contribution in [3.63, 3.8) is 0 Å². The molecule has 3 rings (SSSR count). The summed E-state index contributed by atoms with van der Waals surface area (Å²) in [5.41, 5.74) is 0.480. The predicted molar refractivity (Wildman–Crippen MR) is 94.0 cm³/mol. The summed E-state index contributed by atoms with van der Waals surface area (Å²) < 4.78 is 0. The van der Waals surface area contributed by atoms with Crippen molar-refractivity contribution in [1.82, 2.24) is 14.8 Å². The lowest BCUT2D eigenvalue weighted by Gasteiger charge is -2.37. The number of hydrogen-bond donors (Lipinski definition) is 1. The Hall–Kier alpha value is -2.44. The fourth-order valence-corrected chi connectivity index (χ4v) is 3.75. The van der Waals surface area contributed by atoms with Gasteiger partial charge in [0.1, 0.15) is 0 Å². The summed E-state index contributed by atoms with van der Waals surface area (Å²) in [6, 6.07) is 2.27. The Bertz CT molecular complexity index is 667. The smallest absolute Gasteiger partial charge is 0.331 e. The largest absolute Gasteiger partial charge is 0.479 e. The Balaban J connectivity index is 1.61. The van der Waals surface area contributed by atoms with E-state index < -0.39 is 12.0 Å². The van der Waals surface area contributed by atoms with Crippen LogP contribution in [0.5, 0.6) is 0 Å². The fraction of sp³-hybridized carbons (Fsp3) is 0.579. The third-order valence-corrected chi connectivity index (χ3v) is 5.58. The lowest BCUT2D eigenvalue weighted by molar-refractivity contribution is -0.152. The highest BCUT2D eigenvalue weighted by molar-refractivity contribution is 5.86. The highest BCUT2D eigenvalue weighted by Gasteiger charge is 2.36. The molecule has 140 valence electrons. The van der Waals surface area contributed by atoms with Crippen molar-refractivity contribution < 1.29 is 19.5 Å². The number of carbonyl (C=O) groups is 3. The van der Waals surface area contributed by atoms with E-state index in [-0.39, 0.29) is 23.7 Å². The molecule has 2 aliphatic rings. The molecule has 26 heavy (non-hydrogen) atoms. The highest BCUT2D eigenvalue weighted by atomic mass is 16.4. The van der Waals surface area contributed by atoms with Crippen LogP contribution in [-0.4, -0.2) is 57.8 Å². The van der Waals surface area contributed by atoms with Gasteiger partial charge in [-0.2, -0.15) is 0 Å². The molecule has 2 amide bonds. The maximum Gasteiger partial charge on any atom is 0.331 e. The zero-order valence-corrected chi connectivity index (χ0v) is 15.0. The van der Waals surface area contributed by atoms with Crippen LogP contribution in [0.3, 0.4) is 0 Å². The van der Waals surface area contributed by atoms with Crippen LogP contribution in [0.2, 0.25) is 0 Å². The Labute approximate surface area is 153 Å². The van der Waals surface area contributed by atoms with Crippen LogP contribution in [0.1, 0.15) is 43.7 Å². The Morgan fingerprint density at radius 1 is 1.19 bits per heavy atom. The van der Waals surface area contributed by atoms with Gasteiger partial charge in [-0.05, 0) is 31.7 Å². The topological polar surface area (TPSA) is 90.8 Å². The third kappa shape index (κ3) is 3.71. The van der Waals surface area contributed by atoms with Crippen LogP contribution in [0.15, 0.2) is 24.5 Å². The number of hydrogen-bond acceptors (Lipinski definition) is 4. The van der Waals surface area contributed by atoms with Gasteiger partial charge < -0.3 is 14.9 Å². The number of aliphatic carboxylic acids is 1. The summed E-state index contributed by atoms with van der Waals surface area (Å²) in [5.74, 6) is -1.12. The predicted octanol–water partition coefficient (Wildman–Crippen LogP) is 1.70. The molecule has 0 bridgehead atoms. The molecule has 1 aliphatic heterocycles. The number of likely N-dealkylation sites (N-methyl/N-ethyl adjacent to an activating group) is 1. The SMILES string of the molecule is CN(C(=O)C1CCN(C(=O)C2CCC2)CC1)[C@H](C(=O)O)c1cccnc1. The number of piperidine rings is 1. The number of carboxylic acid groups (broad SMARTS) is 1. The van der Waals surface area contributed by atoms with Gasteiger partial charge in [0.05, 0.1) is 0 Å². The third-order valence-electron chi connectivity index (χ3n) is 5.58. The zero-order chi connectivity index (χ0) is 18.7. The minimum atomic E-state index is -1.08. The molecule has 7 heteroatoms. The molecule has 2 fully saturated rings. The molecule has 1 atom stereocenters. The first kappa shape index (κ1) is 18.4. The van der Waals surface area contributed by atoms with Crippen LogP contribution in [0, 0.1) is 11.8 Å². The second-order valence-corrected chi connectivity index (χ2v) is 7.20. The van der Waals surface area contributed by atoms with Gasteiger partial charge in [-0.15, -0.1) is 0 Å². The van der Waals surface area contributed by atoms with Crippen molar-refractivity contribution in [1.29, 1.82) is 0 Å². The van der Waals surface area contributed by atoms with Gasteiger partial charge in [-0.1, -0.05) is 12.5 Å². The number of pyridine rings is 1. The van der Waals surface area contributed by atoms with E-state index in [0.29, 0.717) is 31.5 Å². The fourth-order valence-electron chi connectivity index (χ4n) is 3.75. The van der Waals surface area contributed by atoms with E-state index in [1.54, 1.807) is 18.3 Å². The molecule has 0 spiro atoms. The average molecular weight is 359 g/mol. The molecule has 1 aromatic rings. The number of rotatable bonds is 5. The Morgan fingerprint density at radius 3 is 2.38 bits per heavy atom. The van der Waals surface area contributed by atoms with E-state index in [2.05, 4.69) is 4.98 Å². The second kappa shape index (κ2) is 7.85. The highest BCUT2D eigenvalue weighted by Crippen LogP contribution is 2.31. The van der Waals surface area contributed by atoms with Crippen LogP contribution in [0.4, 0.5) is 0 Å². The van der Waals surface area contributed by atoms with E-state index >= 15 is 0 Å². The van der Waals surface area contributed by atoms with Crippen LogP contribution < -0.4 is 0 Å². The van der Waals surface area contributed by atoms with Crippen LogP contribution in [0.25, 0.3) is 0 Å². The second-order valence-electron chi connectivity index (χ2n) is 7.20. The Morgan fingerprint density at radius 2 is 1.88 bits per heavy atom. The molecule has 7 nitrogen and oxygen atoms in total. The first-order chi connectivity index (χ1) is 12.5. The minimum absolute atomic E-state index is 0.173. The molecular weight excluding hydrogens is 334 g/mol. The van der Waals surface area contributed by atoms with Crippen molar-refractivity contribution in [3.05, 3.63) is 30.1 Å². The van der Waals surface area contributed by atoms with E-state index in [4.69, 9.17) is 0 Å². The van der Waals surface area contributed by atoms with Gasteiger partial charge in [-0.25, -0.2) is 4.79 Å². The molecule has 1 saturated heterocycles. The number of likely N-dealkylation sites (tertiary alicyclic amines) is 1. The standard InChI is InChI=1S/C19H25N3O4/c1-21(16(19(25)26)15-6-3-9-20-12-15)17(23)14-7-10-22(11-8-14)18(24)13-4-2-5-13/h3,6,9,12-14,16H,2,4-5,7-8,10-11H2,1H3,(H,25,26)/t16-/m0/s1. The molecule has 1 aliphatic carbocycles. The van der Waals surface area contributed by atoms with Crippen LogP contribution in [-0.2, 0) is 14.4 Å². The summed E-state index contributed by atoms with van der Waals surface area (Å²) in [6.45, 7) is 1.15. The average Bonchev–Trinajstić information content (AvgIpc) is 2.60. The quantitative estimate of drug-likeness (QED) is 0.864. The molecule has 2 heterocycles. The number of carboxylic acids is 1. The van der Waals surface area contributed by atoms with Gasteiger partial charge in [0, 0.05) is 49.9 Å². The lowest BCUT2D eigenvalue weighted by atomic mass is 9.83. The van der Waals surface area contributed by atoms with E-state index in [9.17, 15) is 19.5 Å². The number of amides is 2. The summed E-state index contributed by atoms with van der Waals surface area (Å²) in [4.78, 5) is 44.0. The normalized spacial score (nSPS) is 19.5. The van der Waals surface area contributed by atoms with Gasteiger partial charge in [0.2, 0.25) is 11.8 Å². The van der Waals surface area contributed by atoms with Gasteiger partial charge >= 0.3 is 5.97 Å². The number of aromatic nitrogens is 1.